The number of carbonyl (C=O) groups is 1. The molecule has 0 aliphatic carbocycles. The van der Waals surface area contributed by atoms with E-state index in [1.165, 1.54) is 0 Å². The van der Waals surface area contributed by atoms with E-state index in [0.717, 1.165) is 16.7 Å². The molecule has 2 heteroatoms. The number of methoxy groups -OCH3 is 1. The Kier molecular flexibility index (Phi) is 4.44. The van der Waals surface area contributed by atoms with Crippen molar-refractivity contribution in [3.05, 3.63) is 42.0 Å². The summed E-state index contributed by atoms with van der Waals surface area (Å²) in [7, 11) is 1.61. The molecule has 1 unspecified atom stereocenters. The highest BCUT2D eigenvalue weighted by molar-refractivity contribution is 5.97. The first kappa shape index (κ1) is 12.7. The van der Waals surface area contributed by atoms with Crippen LogP contribution in [0.2, 0.25) is 0 Å². The zero-order valence-corrected chi connectivity index (χ0v) is 10.1. The van der Waals surface area contributed by atoms with Gasteiger partial charge in [0.1, 0.15) is 0 Å². The smallest absolute Gasteiger partial charge is 0.167 e. The number of Topliss-reactive ketones (excluding diaryl/α,β-unsaturated/α-hetero) is 1. The number of allylic oxidation sites excluding steroid dienone is 1. The first-order chi connectivity index (χ1) is 7.56. The summed E-state index contributed by atoms with van der Waals surface area (Å²) in [5.74, 6) is 0.0239. The fourth-order valence-corrected chi connectivity index (χ4v) is 1.53. The number of rotatable bonds is 5. The summed E-state index contributed by atoms with van der Waals surface area (Å²) in [5, 5.41) is 0. The molecule has 0 radical (unpaired) electrons. The lowest BCUT2D eigenvalue weighted by molar-refractivity contribution is 0.0830. The average Bonchev–Trinajstić information content (AvgIpc) is 2.28. The normalized spacial score (nSPS) is 12.2. The van der Waals surface area contributed by atoms with Crippen LogP contribution in [0.1, 0.15) is 29.8 Å². The molecule has 0 aliphatic heterocycles. The van der Waals surface area contributed by atoms with Crippen molar-refractivity contribution in [2.45, 2.75) is 13.8 Å². The van der Waals surface area contributed by atoms with Gasteiger partial charge in [-0.3, -0.25) is 4.79 Å². The summed E-state index contributed by atoms with van der Waals surface area (Å²) in [6, 6.07) is 7.54. The van der Waals surface area contributed by atoms with Gasteiger partial charge in [-0.2, -0.15) is 0 Å². The zero-order valence-electron chi connectivity index (χ0n) is 10.1. The highest BCUT2D eigenvalue weighted by atomic mass is 16.5. The number of hydrogen-bond acceptors (Lipinski definition) is 2. The van der Waals surface area contributed by atoms with Crippen LogP contribution in [0, 0.1) is 5.92 Å². The Hall–Kier alpha value is -1.41. The van der Waals surface area contributed by atoms with Crippen LogP contribution in [0.3, 0.4) is 0 Å². The number of ketones is 1. The maximum absolute atomic E-state index is 11.9. The number of hydrogen-bond donors (Lipinski definition) is 0. The third kappa shape index (κ3) is 3.04. The summed E-state index contributed by atoms with van der Waals surface area (Å²) in [6.45, 7) is 8.14. The fourth-order valence-electron chi connectivity index (χ4n) is 1.53. The summed E-state index contributed by atoms with van der Waals surface area (Å²) < 4.78 is 4.97. The van der Waals surface area contributed by atoms with Gasteiger partial charge in [0.15, 0.2) is 5.78 Å². The molecule has 0 bridgehead atoms. The van der Waals surface area contributed by atoms with E-state index < -0.39 is 0 Å². The molecule has 0 aromatic heterocycles. The number of carbonyl (C=O) groups excluding carboxylic acids is 1. The monoisotopic (exact) mass is 218 g/mol. The predicted molar refractivity (Wildman–Crippen MR) is 66.5 cm³/mol. The van der Waals surface area contributed by atoms with Crippen molar-refractivity contribution in [3.63, 3.8) is 0 Å². The van der Waals surface area contributed by atoms with Crippen molar-refractivity contribution >= 4 is 11.4 Å². The molecule has 0 fully saturated rings. The first-order valence-corrected chi connectivity index (χ1v) is 5.35. The van der Waals surface area contributed by atoms with Gasteiger partial charge in [-0.05, 0) is 12.5 Å². The Morgan fingerprint density at radius 1 is 1.31 bits per heavy atom. The Morgan fingerprint density at radius 3 is 2.25 bits per heavy atom. The van der Waals surface area contributed by atoms with Gasteiger partial charge in [0, 0.05) is 18.6 Å². The summed E-state index contributed by atoms with van der Waals surface area (Å²) in [4.78, 5) is 11.9. The van der Waals surface area contributed by atoms with E-state index in [0.29, 0.717) is 6.61 Å². The minimum Gasteiger partial charge on any atom is -0.384 e. The molecule has 0 aliphatic rings. The van der Waals surface area contributed by atoms with E-state index in [1.807, 2.05) is 38.1 Å². The van der Waals surface area contributed by atoms with Gasteiger partial charge in [-0.25, -0.2) is 0 Å². The van der Waals surface area contributed by atoms with Gasteiger partial charge in [0.2, 0.25) is 0 Å². The van der Waals surface area contributed by atoms with E-state index in [4.69, 9.17) is 4.74 Å². The maximum atomic E-state index is 11.9. The standard InChI is InChI=1S/C14H18O2/c1-10(2)12-5-7-13(8-6-12)14(15)11(3)9-16-4/h5-8,11H,1,9H2,2-4H3. The van der Waals surface area contributed by atoms with Crippen LogP contribution in [0.4, 0.5) is 0 Å². The van der Waals surface area contributed by atoms with Crippen molar-refractivity contribution in [2.75, 3.05) is 13.7 Å². The lowest BCUT2D eigenvalue weighted by atomic mass is 9.98. The van der Waals surface area contributed by atoms with Crippen LogP contribution < -0.4 is 0 Å². The highest BCUT2D eigenvalue weighted by Gasteiger charge is 2.14. The average molecular weight is 218 g/mol. The molecule has 0 N–H and O–H groups in total. The molecule has 16 heavy (non-hydrogen) atoms. The van der Waals surface area contributed by atoms with E-state index >= 15 is 0 Å². The van der Waals surface area contributed by atoms with Crippen LogP contribution in [0.5, 0.6) is 0 Å². The van der Waals surface area contributed by atoms with Gasteiger partial charge < -0.3 is 4.74 Å². The second kappa shape index (κ2) is 5.61. The number of ether oxygens (including phenoxy) is 1. The molecule has 0 spiro atoms. The van der Waals surface area contributed by atoms with Crippen molar-refractivity contribution in [1.29, 1.82) is 0 Å². The molecule has 0 saturated carbocycles. The Balaban J connectivity index is 2.81. The fraction of sp³-hybridized carbons (Fsp3) is 0.357. The van der Waals surface area contributed by atoms with Crippen molar-refractivity contribution in [1.82, 2.24) is 0 Å². The maximum Gasteiger partial charge on any atom is 0.167 e. The molecular weight excluding hydrogens is 200 g/mol. The molecule has 1 atom stereocenters. The second-order valence-electron chi connectivity index (χ2n) is 4.08. The summed E-state index contributed by atoms with van der Waals surface area (Å²) >= 11 is 0. The topological polar surface area (TPSA) is 26.3 Å². The van der Waals surface area contributed by atoms with Gasteiger partial charge >= 0.3 is 0 Å². The quantitative estimate of drug-likeness (QED) is 0.709. The van der Waals surface area contributed by atoms with Gasteiger partial charge in [0.25, 0.3) is 0 Å². The molecule has 86 valence electrons. The third-order valence-corrected chi connectivity index (χ3v) is 2.53. The van der Waals surface area contributed by atoms with E-state index in [1.54, 1.807) is 7.11 Å². The molecule has 1 aromatic carbocycles. The molecule has 2 nitrogen and oxygen atoms in total. The van der Waals surface area contributed by atoms with Crippen LogP contribution >= 0.6 is 0 Å². The van der Waals surface area contributed by atoms with E-state index in [2.05, 4.69) is 6.58 Å². The Morgan fingerprint density at radius 2 is 1.81 bits per heavy atom. The van der Waals surface area contributed by atoms with Crippen LogP contribution in [-0.4, -0.2) is 19.5 Å². The molecule has 0 amide bonds. The van der Waals surface area contributed by atoms with Gasteiger partial charge in [0.05, 0.1) is 6.61 Å². The third-order valence-electron chi connectivity index (χ3n) is 2.53. The molecular formula is C14H18O2. The van der Waals surface area contributed by atoms with Gasteiger partial charge in [-0.15, -0.1) is 0 Å². The summed E-state index contributed by atoms with van der Waals surface area (Å²) in [6.07, 6.45) is 0. The molecule has 1 rings (SSSR count). The van der Waals surface area contributed by atoms with Gasteiger partial charge in [-0.1, -0.05) is 43.3 Å². The van der Waals surface area contributed by atoms with Crippen molar-refractivity contribution < 1.29 is 9.53 Å². The Bertz CT molecular complexity index is 376. The largest absolute Gasteiger partial charge is 0.384 e. The number of benzene rings is 1. The van der Waals surface area contributed by atoms with E-state index in [9.17, 15) is 4.79 Å². The van der Waals surface area contributed by atoms with Crippen LogP contribution in [0.25, 0.3) is 5.57 Å². The zero-order chi connectivity index (χ0) is 12.1. The minimum absolute atomic E-state index is 0.0966. The highest BCUT2D eigenvalue weighted by Crippen LogP contribution is 2.15. The Labute approximate surface area is 96.9 Å². The van der Waals surface area contributed by atoms with Crippen LogP contribution in [-0.2, 0) is 4.74 Å². The van der Waals surface area contributed by atoms with Crippen molar-refractivity contribution in [2.24, 2.45) is 5.92 Å². The lowest BCUT2D eigenvalue weighted by Crippen LogP contribution is -2.16. The van der Waals surface area contributed by atoms with E-state index in [-0.39, 0.29) is 11.7 Å². The molecule has 0 saturated heterocycles. The van der Waals surface area contributed by atoms with Crippen molar-refractivity contribution in [3.8, 4) is 0 Å². The lowest BCUT2D eigenvalue weighted by Gasteiger charge is -2.09. The molecule has 0 heterocycles. The second-order valence-corrected chi connectivity index (χ2v) is 4.08. The molecule has 1 aromatic rings. The first-order valence-electron chi connectivity index (χ1n) is 5.35. The summed E-state index contributed by atoms with van der Waals surface area (Å²) in [5.41, 5.74) is 2.80. The van der Waals surface area contributed by atoms with Crippen LogP contribution in [0.15, 0.2) is 30.8 Å². The SMILES string of the molecule is C=C(C)c1ccc(C(=O)C(C)COC)cc1. The minimum atomic E-state index is -0.0966. The predicted octanol–water partition coefficient (Wildman–Crippen LogP) is 3.18.